The van der Waals surface area contributed by atoms with Crippen LogP contribution in [-0.2, 0) is 0 Å². The molecule has 1 amide bonds. The van der Waals surface area contributed by atoms with E-state index >= 15 is 0 Å². The van der Waals surface area contributed by atoms with Gasteiger partial charge in [-0.15, -0.1) is 0 Å². The third kappa shape index (κ3) is 3.85. The molecule has 0 unspecified atom stereocenters. The lowest BCUT2D eigenvalue weighted by molar-refractivity contribution is 0.0935. The van der Waals surface area contributed by atoms with Crippen LogP contribution in [0.25, 0.3) is 5.69 Å². The van der Waals surface area contributed by atoms with Crippen molar-refractivity contribution in [3.05, 3.63) is 65.9 Å². The van der Waals surface area contributed by atoms with E-state index in [4.69, 9.17) is 0 Å². The van der Waals surface area contributed by atoms with Gasteiger partial charge in [0.05, 0.1) is 23.6 Å². The van der Waals surface area contributed by atoms with Gasteiger partial charge in [0.1, 0.15) is 11.6 Å². The summed E-state index contributed by atoms with van der Waals surface area (Å²) in [6, 6.07) is 7.93. The second kappa shape index (κ2) is 7.75. The number of hydrogen-bond donors (Lipinski definition) is 2. The van der Waals surface area contributed by atoms with E-state index in [1.165, 1.54) is 35.4 Å². The predicted octanol–water partition coefficient (Wildman–Crippen LogP) is 2.87. The van der Waals surface area contributed by atoms with Crippen LogP contribution >= 0.6 is 0 Å². The maximum Gasteiger partial charge on any atom is 0.253 e. The molecule has 2 aromatic heterocycles. The van der Waals surface area contributed by atoms with Crippen LogP contribution in [0.1, 0.15) is 35.2 Å². The first-order chi connectivity index (χ1) is 13.6. The van der Waals surface area contributed by atoms with Gasteiger partial charge in [0.25, 0.3) is 5.91 Å². The molecule has 1 aromatic carbocycles. The number of anilines is 1. The van der Waals surface area contributed by atoms with Crippen LogP contribution in [0.3, 0.4) is 0 Å². The smallest absolute Gasteiger partial charge is 0.253 e. The van der Waals surface area contributed by atoms with E-state index in [2.05, 4.69) is 25.8 Å². The lowest BCUT2D eigenvalue weighted by atomic mass is 10.1. The van der Waals surface area contributed by atoms with Gasteiger partial charge in [-0.1, -0.05) is 6.07 Å². The van der Waals surface area contributed by atoms with Gasteiger partial charge in [-0.05, 0) is 56.0 Å². The number of hydrogen-bond acceptors (Lipinski definition) is 5. The monoisotopic (exact) mass is 380 g/mol. The molecule has 0 saturated heterocycles. The van der Waals surface area contributed by atoms with Crippen LogP contribution in [0.5, 0.6) is 0 Å². The van der Waals surface area contributed by atoms with E-state index in [-0.39, 0.29) is 23.6 Å². The second-order valence-corrected chi connectivity index (χ2v) is 6.96. The van der Waals surface area contributed by atoms with Crippen molar-refractivity contribution in [1.82, 2.24) is 25.3 Å². The number of nitrogens with one attached hydrogen (secondary N) is 2. The number of aryl methyl sites for hydroxylation is 1. The fraction of sp³-hybridized carbons (Fsp3) is 0.300. The van der Waals surface area contributed by atoms with E-state index in [0.29, 0.717) is 5.69 Å². The van der Waals surface area contributed by atoms with Gasteiger partial charge in [0.15, 0.2) is 0 Å². The van der Waals surface area contributed by atoms with Gasteiger partial charge in [0, 0.05) is 18.3 Å². The maximum absolute atomic E-state index is 13.8. The number of pyridine rings is 1. The minimum Gasteiger partial charge on any atom is -0.365 e. The molecule has 144 valence electrons. The third-order valence-electron chi connectivity index (χ3n) is 4.91. The van der Waals surface area contributed by atoms with Crippen molar-refractivity contribution in [1.29, 1.82) is 0 Å². The highest BCUT2D eigenvalue weighted by atomic mass is 19.1. The molecule has 2 N–H and O–H groups in total. The number of aromatic nitrogens is 4. The number of rotatable bonds is 5. The first-order valence-corrected chi connectivity index (χ1v) is 9.26. The molecular weight excluding hydrogens is 359 g/mol. The van der Waals surface area contributed by atoms with Crippen molar-refractivity contribution < 1.29 is 9.18 Å². The van der Waals surface area contributed by atoms with Crippen molar-refractivity contribution in [2.24, 2.45) is 0 Å². The molecule has 0 spiro atoms. The van der Waals surface area contributed by atoms with Gasteiger partial charge in [0.2, 0.25) is 0 Å². The predicted molar refractivity (Wildman–Crippen MR) is 103 cm³/mol. The summed E-state index contributed by atoms with van der Waals surface area (Å²) >= 11 is 0. The zero-order valence-electron chi connectivity index (χ0n) is 15.5. The van der Waals surface area contributed by atoms with Crippen molar-refractivity contribution in [3.63, 3.8) is 0 Å². The van der Waals surface area contributed by atoms with Crippen LogP contribution in [-0.4, -0.2) is 38.0 Å². The number of amides is 1. The number of carbonyl (C=O) groups excluding carboxylic acids is 1. The molecule has 2 heterocycles. The summed E-state index contributed by atoms with van der Waals surface area (Å²) in [5.41, 5.74) is 1.73. The summed E-state index contributed by atoms with van der Waals surface area (Å²) < 4.78 is 13.8. The molecule has 1 fully saturated rings. The molecule has 0 bridgehead atoms. The highest BCUT2D eigenvalue weighted by Gasteiger charge is 2.30. The van der Waals surface area contributed by atoms with Gasteiger partial charge in [-0.3, -0.25) is 4.79 Å². The maximum atomic E-state index is 13.8. The average molecular weight is 380 g/mol. The first-order valence-electron chi connectivity index (χ1n) is 9.26. The van der Waals surface area contributed by atoms with Crippen LogP contribution in [0, 0.1) is 12.7 Å². The van der Waals surface area contributed by atoms with Crippen LogP contribution in [0.15, 0.2) is 48.9 Å². The fourth-order valence-electron chi connectivity index (χ4n) is 3.50. The Kier molecular flexibility index (Phi) is 5.01. The van der Waals surface area contributed by atoms with Gasteiger partial charge >= 0.3 is 0 Å². The molecule has 1 saturated carbocycles. The van der Waals surface area contributed by atoms with Crippen molar-refractivity contribution in [2.75, 3.05) is 5.32 Å². The Labute approximate surface area is 162 Å². The number of benzene rings is 1. The Morgan fingerprint density at radius 2 is 1.93 bits per heavy atom. The summed E-state index contributed by atoms with van der Waals surface area (Å²) in [6.45, 7) is 1.99. The summed E-state index contributed by atoms with van der Waals surface area (Å²) in [7, 11) is 0. The van der Waals surface area contributed by atoms with Crippen LogP contribution < -0.4 is 10.6 Å². The van der Waals surface area contributed by atoms with Gasteiger partial charge < -0.3 is 10.6 Å². The number of carbonyl (C=O) groups is 1. The van der Waals surface area contributed by atoms with Crippen LogP contribution in [0.4, 0.5) is 10.2 Å². The van der Waals surface area contributed by atoms with E-state index in [1.807, 2.05) is 19.1 Å². The Hall–Kier alpha value is -3.29. The SMILES string of the molecule is Cc1ccc(N[C@H]2CCC[C@H]2NC(=O)c2cc(F)ccc2-n2nccn2)nc1. The zero-order valence-corrected chi connectivity index (χ0v) is 15.5. The van der Waals surface area contributed by atoms with Gasteiger partial charge in [-0.2, -0.15) is 15.0 Å². The van der Waals surface area contributed by atoms with Crippen LogP contribution in [0.2, 0.25) is 0 Å². The van der Waals surface area contributed by atoms with Crippen molar-refractivity contribution in [2.45, 2.75) is 38.3 Å². The molecular formula is C20H21FN6O. The quantitative estimate of drug-likeness (QED) is 0.711. The summed E-state index contributed by atoms with van der Waals surface area (Å²) in [5.74, 6) is -0.0442. The highest BCUT2D eigenvalue weighted by Crippen LogP contribution is 2.24. The molecule has 1 aliphatic rings. The topological polar surface area (TPSA) is 84.7 Å². The fourth-order valence-corrected chi connectivity index (χ4v) is 3.50. The van der Waals surface area contributed by atoms with Crippen molar-refractivity contribution in [3.8, 4) is 5.69 Å². The summed E-state index contributed by atoms with van der Waals surface area (Å²) in [5, 5.41) is 14.5. The lowest BCUT2D eigenvalue weighted by Crippen LogP contribution is -2.43. The molecule has 0 radical (unpaired) electrons. The molecule has 28 heavy (non-hydrogen) atoms. The average Bonchev–Trinajstić information content (AvgIpc) is 3.36. The minimum atomic E-state index is -0.481. The largest absolute Gasteiger partial charge is 0.365 e. The Morgan fingerprint density at radius 1 is 1.14 bits per heavy atom. The minimum absolute atomic E-state index is 0.0685. The number of halogens is 1. The molecule has 0 aliphatic heterocycles. The third-order valence-corrected chi connectivity index (χ3v) is 4.91. The normalized spacial score (nSPS) is 18.8. The zero-order chi connectivity index (χ0) is 19.5. The Bertz CT molecular complexity index is 957. The van der Waals surface area contributed by atoms with Gasteiger partial charge in [-0.25, -0.2) is 9.37 Å². The molecule has 8 heteroatoms. The summed E-state index contributed by atoms with van der Waals surface area (Å²) in [4.78, 5) is 18.6. The van der Waals surface area contributed by atoms with E-state index in [1.54, 1.807) is 6.20 Å². The molecule has 7 nitrogen and oxygen atoms in total. The Balaban J connectivity index is 1.51. The standard InChI is InChI=1S/C20H21FN6O/c1-13-5-8-19(22-12-13)25-16-3-2-4-17(16)26-20(28)15-11-14(21)6-7-18(15)27-23-9-10-24-27/h5-12,16-17H,2-4H2,1H3,(H,22,25)(H,26,28)/t16-,17+/m0/s1. The van der Waals surface area contributed by atoms with E-state index < -0.39 is 5.82 Å². The van der Waals surface area contributed by atoms with E-state index in [0.717, 1.165) is 30.6 Å². The summed E-state index contributed by atoms with van der Waals surface area (Å²) in [6.07, 6.45) is 7.59. The molecule has 2 atom stereocenters. The van der Waals surface area contributed by atoms with Crippen molar-refractivity contribution >= 4 is 11.7 Å². The molecule has 4 rings (SSSR count). The van der Waals surface area contributed by atoms with E-state index in [9.17, 15) is 9.18 Å². The Morgan fingerprint density at radius 3 is 2.68 bits per heavy atom. The molecule has 3 aromatic rings. The first kappa shape index (κ1) is 18.1. The number of nitrogens with zero attached hydrogens (tertiary/aromatic N) is 4. The molecule has 1 aliphatic carbocycles. The lowest BCUT2D eigenvalue weighted by Gasteiger charge is -2.23. The second-order valence-electron chi connectivity index (χ2n) is 6.96. The highest BCUT2D eigenvalue weighted by molar-refractivity contribution is 5.98.